The molecule has 0 radical (unpaired) electrons. The number of nitrogens with zero attached hydrogens (tertiary/aromatic N) is 6. The zero-order valence-corrected chi connectivity index (χ0v) is 23.7. The van der Waals surface area contributed by atoms with E-state index in [1.807, 2.05) is 29.2 Å². The average Bonchev–Trinajstić information content (AvgIpc) is 3.74. The molecule has 1 aromatic carbocycles. The Morgan fingerprint density at radius 3 is 2.67 bits per heavy atom. The molecule has 1 amide bonds. The Kier molecular flexibility index (Phi) is 7.05. The number of carbonyl (C=O) groups excluding carboxylic acids is 1. The minimum absolute atomic E-state index is 0.0728. The minimum atomic E-state index is -0.604. The number of rotatable bonds is 6. The van der Waals surface area contributed by atoms with Gasteiger partial charge in [-0.1, -0.05) is 24.1 Å². The number of aryl methyl sites for hydroxylation is 1. The number of fused-ring (bicyclic) bond motifs is 2. The highest BCUT2D eigenvalue weighted by Crippen LogP contribution is 2.33. The van der Waals surface area contributed by atoms with Gasteiger partial charge in [-0.3, -0.25) is 18.7 Å². The summed E-state index contributed by atoms with van der Waals surface area (Å²) in [6.07, 6.45) is 3.47. The van der Waals surface area contributed by atoms with E-state index < -0.39 is 11.2 Å². The predicted molar refractivity (Wildman–Crippen MR) is 160 cm³/mol. The number of nitrogens with one attached hydrogen (secondary N) is 1. The highest BCUT2D eigenvalue weighted by atomic mass is 16.2. The van der Waals surface area contributed by atoms with Crippen LogP contribution in [-0.2, 0) is 20.1 Å². The summed E-state index contributed by atoms with van der Waals surface area (Å²) in [4.78, 5) is 48.7. The van der Waals surface area contributed by atoms with E-state index in [0.717, 1.165) is 35.6 Å². The fraction of sp³-hybridized carbons (Fsp3) is 0.387. The van der Waals surface area contributed by atoms with Gasteiger partial charge in [-0.05, 0) is 44.7 Å². The van der Waals surface area contributed by atoms with Crippen LogP contribution in [0.25, 0.3) is 21.9 Å². The second-order valence-electron chi connectivity index (χ2n) is 11.0. The highest BCUT2D eigenvalue weighted by molar-refractivity contribution is 6.11. The number of piperidine rings is 1. The minimum Gasteiger partial charge on any atom is -0.356 e. The van der Waals surface area contributed by atoms with Crippen LogP contribution in [0.15, 0.2) is 39.9 Å². The summed E-state index contributed by atoms with van der Waals surface area (Å²) in [7, 11) is 1.56. The van der Waals surface area contributed by atoms with Crippen molar-refractivity contribution in [2.75, 3.05) is 18.0 Å². The molecule has 42 heavy (non-hydrogen) atoms. The van der Waals surface area contributed by atoms with Gasteiger partial charge in [-0.2, -0.15) is 5.26 Å². The molecule has 6 rings (SSSR count). The number of amides is 1. The molecule has 1 saturated carbocycles. The van der Waals surface area contributed by atoms with E-state index in [1.54, 1.807) is 24.6 Å². The standard InChI is InChI=1S/C31H32N8O3/c1-3-4-14-38-27-26(25(28(40)34-22-11-12-22)29(38)37-13-7-9-21(33)17-37)36(2)31(42)39(30(27)41)18-24-20(16-32)15-19-8-5-6-10-23(19)35-24/h5-6,8,10,15,21-22H,7,9,11-14,17-18,33H2,1-2H3,(H,34,40)/t21-/m1/s1. The van der Waals surface area contributed by atoms with Gasteiger partial charge in [0.15, 0.2) is 0 Å². The Morgan fingerprint density at radius 1 is 1.17 bits per heavy atom. The number of anilines is 1. The molecule has 1 aliphatic heterocycles. The summed E-state index contributed by atoms with van der Waals surface area (Å²) in [5.74, 6) is 6.17. The quantitative estimate of drug-likeness (QED) is 0.340. The zero-order chi connectivity index (χ0) is 29.5. The normalized spacial score (nSPS) is 16.7. The SMILES string of the molecule is CC#CCn1c(N2CCC[C@@H](N)C2)c(C(=O)NC2CC2)c2c1c(=O)n(Cc1nc3ccccc3cc1C#N)c(=O)n2C. The molecule has 1 atom stereocenters. The zero-order valence-electron chi connectivity index (χ0n) is 23.7. The van der Waals surface area contributed by atoms with E-state index in [1.165, 1.54) is 4.57 Å². The van der Waals surface area contributed by atoms with Gasteiger partial charge < -0.3 is 20.5 Å². The van der Waals surface area contributed by atoms with Gasteiger partial charge in [0, 0.05) is 37.6 Å². The lowest BCUT2D eigenvalue weighted by Gasteiger charge is -2.33. The molecule has 2 fully saturated rings. The van der Waals surface area contributed by atoms with Gasteiger partial charge in [0.1, 0.15) is 23.0 Å². The smallest absolute Gasteiger partial charge is 0.331 e. The molecule has 1 saturated heterocycles. The van der Waals surface area contributed by atoms with Crippen LogP contribution in [0.3, 0.4) is 0 Å². The van der Waals surface area contributed by atoms with Crippen molar-refractivity contribution in [3.8, 4) is 17.9 Å². The molecular formula is C31H32N8O3. The molecule has 1 aliphatic carbocycles. The largest absolute Gasteiger partial charge is 0.356 e. The van der Waals surface area contributed by atoms with Crippen LogP contribution in [0.1, 0.15) is 54.2 Å². The molecule has 214 valence electrons. The molecule has 0 bridgehead atoms. The molecule has 4 heterocycles. The van der Waals surface area contributed by atoms with Crippen molar-refractivity contribution in [2.45, 2.75) is 57.8 Å². The molecule has 3 aromatic heterocycles. The van der Waals surface area contributed by atoms with Crippen molar-refractivity contribution in [2.24, 2.45) is 12.8 Å². The molecular weight excluding hydrogens is 532 g/mol. The number of benzene rings is 1. The maximum absolute atomic E-state index is 14.3. The molecule has 0 unspecified atom stereocenters. The number of hydrogen-bond acceptors (Lipinski definition) is 7. The second kappa shape index (κ2) is 10.8. The number of nitrogens with two attached hydrogens (primary N) is 1. The van der Waals surface area contributed by atoms with E-state index in [4.69, 9.17) is 5.73 Å². The third-order valence-corrected chi connectivity index (χ3v) is 8.05. The molecule has 4 aromatic rings. The van der Waals surface area contributed by atoms with Crippen molar-refractivity contribution < 1.29 is 4.79 Å². The van der Waals surface area contributed by atoms with Crippen molar-refractivity contribution in [1.29, 1.82) is 5.26 Å². The van der Waals surface area contributed by atoms with E-state index in [-0.39, 0.29) is 53.2 Å². The Balaban J connectivity index is 1.62. The summed E-state index contributed by atoms with van der Waals surface area (Å²) < 4.78 is 4.20. The fourth-order valence-corrected chi connectivity index (χ4v) is 5.83. The van der Waals surface area contributed by atoms with Crippen LogP contribution in [0.2, 0.25) is 0 Å². The van der Waals surface area contributed by atoms with Crippen molar-refractivity contribution >= 4 is 33.7 Å². The Morgan fingerprint density at radius 2 is 1.95 bits per heavy atom. The number of aromatic nitrogens is 4. The van der Waals surface area contributed by atoms with E-state index >= 15 is 0 Å². The molecule has 0 spiro atoms. The van der Waals surface area contributed by atoms with Crippen LogP contribution in [-0.4, -0.2) is 49.8 Å². The van der Waals surface area contributed by atoms with Gasteiger partial charge >= 0.3 is 5.69 Å². The van der Waals surface area contributed by atoms with Gasteiger partial charge in [0.2, 0.25) is 0 Å². The number of pyridine rings is 1. The first-order valence-electron chi connectivity index (χ1n) is 14.2. The number of carbonyl (C=O) groups is 1. The van der Waals surface area contributed by atoms with E-state index in [0.29, 0.717) is 30.1 Å². The van der Waals surface area contributed by atoms with Gasteiger partial charge in [0.25, 0.3) is 11.5 Å². The summed E-state index contributed by atoms with van der Waals surface area (Å²) in [5.41, 5.74) is 7.18. The second-order valence-corrected chi connectivity index (χ2v) is 11.0. The first-order chi connectivity index (χ1) is 20.3. The Hall–Kier alpha value is -4.87. The van der Waals surface area contributed by atoms with Crippen LogP contribution >= 0.6 is 0 Å². The van der Waals surface area contributed by atoms with Gasteiger partial charge in [-0.25, -0.2) is 9.78 Å². The summed E-state index contributed by atoms with van der Waals surface area (Å²) in [6, 6.07) is 11.2. The number of hydrogen-bond donors (Lipinski definition) is 2. The first kappa shape index (κ1) is 27.3. The topological polar surface area (TPSA) is 144 Å². The fourth-order valence-electron chi connectivity index (χ4n) is 5.83. The van der Waals surface area contributed by atoms with Crippen LogP contribution in [0.5, 0.6) is 0 Å². The van der Waals surface area contributed by atoms with Crippen LogP contribution < -0.4 is 27.2 Å². The monoisotopic (exact) mass is 564 g/mol. The lowest BCUT2D eigenvalue weighted by molar-refractivity contribution is 0.0952. The molecule has 11 nitrogen and oxygen atoms in total. The van der Waals surface area contributed by atoms with Gasteiger partial charge in [-0.15, -0.1) is 5.92 Å². The van der Waals surface area contributed by atoms with E-state index in [2.05, 4.69) is 28.2 Å². The van der Waals surface area contributed by atoms with Crippen LogP contribution in [0.4, 0.5) is 5.82 Å². The highest BCUT2D eigenvalue weighted by Gasteiger charge is 2.35. The lowest BCUT2D eigenvalue weighted by atomic mass is 10.1. The maximum Gasteiger partial charge on any atom is 0.331 e. The Bertz CT molecular complexity index is 1960. The predicted octanol–water partition coefficient (Wildman–Crippen LogP) is 1.81. The van der Waals surface area contributed by atoms with Crippen molar-refractivity contribution in [1.82, 2.24) is 24.0 Å². The van der Waals surface area contributed by atoms with E-state index in [9.17, 15) is 19.6 Å². The lowest BCUT2D eigenvalue weighted by Crippen LogP contribution is -2.44. The number of para-hydroxylation sites is 1. The van der Waals surface area contributed by atoms with Gasteiger partial charge in [0.05, 0.1) is 35.4 Å². The third-order valence-electron chi connectivity index (χ3n) is 8.05. The third kappa shape index (κ3) is 4.72. The molecule has 11 heteroatoms. The van der Waals surface area contributed by atoms with Crippen molar-refractivity contribution in [3.05, 3.63) is 68.0 Å². The van der Waals surface area contributed by atoms with Crippen molar-refractivity contribution in [3.63, 3.8) is 0 Å². The summed E-state index contributed by atoms with van der Waals surface area (Å²) >= 11 is 0. The van der Waals surface area contributed by atoms with Crippen LogP contribution in [0, 0.1) is 23.2 Å². The Labute approximate surface area is 242 Å². The summed E-state index contributed by atoms with van der Waals surface area (Å²) in [5, 5.41) is 13.7. The first-order valence-corrected chi connectivity index (χ1v) is 14.2. The number of nitriles is 1. The maximum atomic E-state index is 14.3. The molecule has 2 aliphatic rings. The molecule has 3 N–H and O–H groups in total. The average molecular weight is 565 g/mol. The summed E-state index contributed by atoms with van der Waals surface area (Å²) in [6.45, 7) is 2.82.